The number of hydrogen-bond acceptors (Lipinski definition) is 2. The van der Waals surface area contributed by atoms with Gasteiger partial charge in [0.1, 0.15) is 22.7 Å². The van der Waals surface area contributed by atoms with Gasteiger partial charge in [0.15, 0.2) is 0 Å². The summed E-state index contributed by atoms with van der Waals surface area (Å²) in [6, 6.07) is 63.4. The molecule has 1 spiro atoms. The first-order valence-electron chi connectivity index (χ1n) is 17.9. The van der Waals surface area contributed by atoms with E-state index in [2.05, 4.69) is 168 Å². The Balaban J connectivity index is 1.17. The maximum Gasteiger partial charge on any atom is 0.143 e. The molecule has 2 aromatic heterocycles. The number of furan rings is 1. The minimum atomic E-state index is -0.583. The van der Waals surface area contributed by atoms with Crippen LogP contribution in [0.4, 0.5) is 0 Å². The Hall–Kier alpha value is -6.84. The highest BCUT2D eigenvalue weighted by molar-refractivity contribution is 6.14. The monoisotopic (exact) mass is 663 g/mol. The first-order chi connectivity index (χ1) is 25.8. The third-order valence-electron chi connectivity index (χ3n) is 11.5. The highest BCUT2D eigenvalue weighted by atomic mass is 16.5. The van der Waals surface area contributed by atoms with Crippen LogP contribution in [0, 0.1) is 0 Å². The minimum Gasteiger partial charge on any atom is -0.457 e. The van der Waals surface area contributed by atoms with Crippen LogP contribution in [0.2, 0.25) is 0 Å². The number of rotatable bonds is 2. The molecule has 242 valence electrons. The fourth-order valence-corrected chi connectivity index (χ4v) is 9.43. The third kappa shape index (κ3) is 3.45. The zero-order valence-electron chi connectivity index (χ0n) is 28.0. The van der Waals surface area contributed by atoms with Gasteiger partial charge in [0, 0.05) is 49.5 Å². The number of para-hydroxylation sites is 5. The van der Waals surface area contributed by atoms with Crippen molar-refractivity contribution < 1.29 is 9.15 Å². The van der Waals surface area contributed by atoms with E-state index in [0.29, 0.717) is 0 Å². The molecule has 52 heavy (non-hydrogen) atoms. The standard InChI is InChI=1S/C49H29NO2/c1-4-17-39-33(12-1)36-28-29-37-34-13-2-7-20-42(34)50(47(37)46(36)49(39)40-18-5-9-22-44(40)51-45-23-10-6-19-41(45)49)31-26-24-30(25-27-31)32-15-11-16-38-35-14-3-8-21-43(35)52-48(32)38/h1-29H. The smallest absolute Gasteiger partial charge is 0.143 e. The predicted octanol–water partition coefficient (Wildman–Crippen LogP) is 12.8. The molecule has 3 heterocycles. The quantitative estimate of drug-likeness (QED) is 0.184. The molecule has 0 bridgehead atoms. The van der Waals surface area contributed by atoms with Crippen LogP contribution in [0.5, 0.6) is 11.5 Å². The van der Waals surface area contributed by atoms with E-state index < -0.39 is 5.41 Å². The van der Waals surface area contributed by atoms with Gasteiger partial charge in [-0.2, -0.15) is 0 Å². The van der Waals surface area contributed by atoms with E-state index in [-0.39, 0.29) is 0 Å². The molecule has 1 aliphatic carbocycles. The molecule has 12 rings (SSSR count). The van der Waals surface area contributed by atoms with Crippen molar-refractivity contribution in [2.24, 2.45) is 0 Å². The molecule has 0 radical (unpaired) electrons. The summed E-state index contributed by atoms with van der Waals surface area (Å²) in [5.74, 6) is 1.79. The van der Waals surface area contributed by atoms with Crippen molar-refractivity contribution in [1.29, 1.82) is 0 Å². The molecule has 3 heteroatoms. The van der Waals surface area contributed by atoms with Gasteiger partial charge in [0.25, 0.3) is 0 Å². The van der Waals surface area contributed by atoms with Crippen LogP contribution < -0.4 is 4.74 Å². The summed E-state index contributed by atoms with van der Waals surface area (Å²) in [5, 5.41) is 4.74. The second kappa shape index (κ2) is 10.1. The number of hydrogen-bond donors (Lipinski definition) is 0. The Morgan fingerprint density at radius 2 is 1.06 bits per heavy atom. The molecule has 0 N–H and O–H groups in total. The van der Waals surface area contributed by atoms with Crippen molar-refractivity contribution in [3.63, 3.8) is 0 Å². The van der Waals surface area contributed by atoms with Crippen molar-refractivity contribution in [3.8, 4) is 39.4 Å². The molecule has 1 aliphatic heterocycles. The van der Waals surface area contributed by atoms with E-state index in [4.69, 9.17) is 9.15 Å². The molecular formula is C49H29NO2. The number of benzene rings is 8. The topological polar surface area (TPSA) is 27.3 Å². The lowest BCUT2D eigenvalue weighted by atomic mass is 9.65. The van der Waals surface area contributed by atoms with E-state index in [0.717, 1.165) is 50.3 Å². The van der Waals surface area contributed by atoms with Crippen molar-refractivity contribution in [1.82, 2.24) is 4.57 Å². The lowest BCUT2D eigenvalue weighted by molar-refractivity contribution is 0.437. The summed E-state index contributed by atoms with van der Waals surface area (Å²) in [6.07, 6.45) is 0. The lowest BCUT2D eigenvalue weighted by Crippen LogP contribution is -2.32. The van der Waals surface area contributed by atoms with Crippen molar-refractivity contribution >= 4 is 43.7 Å². The second-order valence-corrected chi connectivity index (χ2v) is 14.0. The highest BCUT2D eigenvalue weighted by Crippen LogP contribution is 2.63. The molecule has 0 saturated heterocycles. The van der Waals surface area contributed by atoms with Crippen LogP contribution in [0.25, 0.3) is 71.7 Å². The van der Waals surface area contributed by atoms with Gasteiger partial charge in [-0.05, 0) is 58.7 Å². The predicted molar refractivity (Wildman–Crippen MR) is 211 cm³/mol. The summed E-state index contributed by atoms with van der Waals surface area (Å²) in [7, 11) is 0. The van der Waals surface area contributed by atoms with Crippen molar-refractivity contribution in [2.45, 2.75) is 5.41 Å². The van der Waals surface area contributed by atoms with Gasteiger partial charge in [-0.25, -0.2) is 0 Å². The summed E-state index contributed by atoms with van der Waals surface area (Å²) in [6.45, 7) is 0. The fraction of sp³-hybridized carbons (Fsp3) is 0.0204. The number of aromatic nitrogens is 1. The Labute approximate surface area is 299 Å². The molecule has 0 fully saturated rings. The second-order valence-electron chi connectivity index (χ2n) is 14.0. The van der Waals surface area contributed by atoms with Crippen molar-refractivity contribution in [3.05, 3.63) is 198 Å². The van der Waals surface area contributed by atoms with Crippen LogP contribution >= 0.6 is 0 Å². The van der Waals surface area contributed by atoms with Crippen LogP contribution in [0.3, 0.4) is 0 Å². The SMILES string of the molecule is c1ccc2c(c1)Oc1ccccc1C21c2ccccc2-c2ccc3c4ccccc4n(-c4ccc(-c5cccc6c5oc5ccccc56)cc4)c3c21. The number of nitrogens with zero attached hydrogens (tertiary/aromatic N) is 1. The van der Waals surface area contributed by atoms with Crippen LogP contribution in [0.15, 0.2) is 180 Å². The summed E-state index contributed by atoms with van der Waals surface area (Å²) >= 11 is 0. The zero-order valence-corrected chi connectivity index (χ0v) is 28.0. The molecule has 0 saturated carbocycles. The molecule has 8 aromatic carbocycles. The highest BCUT2D eigenvalue weighted by Gasteiger charge is 2.52. The van der Waals surface area contributed by atoms with Gasteiger partial charge < -0.3 is 13.7 Å². The molecule has 2 aliphatic rings. The van der Waals surface area contributed by atoms with Gasteiger partial charge >= 0.3 is 0 Å². The van der Waals surface area contributed by atoms with Gasteiger partial charge in [0.05, 0.1) is 16.4 Å². The lowest BCUT2D eigenvalue weighted by Gasteiger charge is -2.39. The summed E-state index contributed by atoms with van der Waals surface area (Å²) in [4.78, 5) is 0. The van der Waals surface area contributed by atoms with Crippen LogP contribution in [-0.2, 0) is 5.41 Å². The van der Waals surface area contributed by atoms with Gasteiger partial charge in [0.2, 0.25) is 0 Å². The third-order valence-corrected chi connectivity index (χ3v) is 11.5. The van der Waals surface area contributed by atoms with E-state index in [1.165, 1.54) is 55.2 Å². The van der Waals surface area contributed by atoms with Crippen LogP contribution in [0.1, 0.15) is 22.3 Å². The minimum absolute atomic E-state index is 0.583. The summed E-state index contributed by atoms with van der Waals surface area (Å²) in [5.41, 5.74) is 14.4. The maximum atomic E-state index is 6.67. The Bertz CT molecular complexity index is 3060. The average molecular weight is 664 g/mol. The van der Waals surface area contributed by atoms with E-state index in [1.807, 2.05) is 12.1 Å². The number of ether oxygens (including phenoxy) is 1. The Kier molecular flexibility index (Phi) is 5.43. The largest absolute Gasteiger partial charge is 0.457 e. The summed E-state index contributed by atoms with van der Waals surface area (Å²) < 4.78 is 15.6. The molecular weight excluding hydrogens is 635 g/mol. The molecule has 0 atom stereocenters. The molecule has 0 amide bonds. The first kappa shape index (κ1) is 27.9. The van der Waals surface area contributed by atoms with E-state index >= 15 is 0 Å². The van der Waals surface area contributed by atoms with Gasteiger partial charge in [-0.1, -0.05) is 140 Å². The Morgan fingerprint density at radius 3 is 1.87 bits per heavy atom. The molecule has 10 aromatic rings. The van der Waals surface area contributed by atoms with Gasteiger partial charge in [-0.3, -0.25) is 0 Å². The van der Waals surface area contributed by atoms with E-state index in [1.54, 1.807) is 0 Å². The first-order valence-corrected chi connectivity index (χ1v) is 17.9. The van der Waals surface area contributed by atoms with E-state index in [9.17, 15) is 0 Å². The van der Waals surface area contributed by atoms with Gasteiger partial charge in [-0.15, -0.1) is 0 Å². The van der Waals surface area contributed by atoms with Crippen LogP contribution in [-0.4, -0.2) is 4.57 Å². The number of fused-ring (bicyclic) bond motifs is 16. The fourth-order valence-electron chi connectivity index (χ4n) is 9.43. The van der Waals surface area contributed by atoms with Crippen molar-refractivity contribution in [2.75, 3.05) is 0 Å². The molecule has 3 nitrogen and oxygen atoms in total. The molecule has 0 unspecified atom stereocenters. The normalized spacial score (nSPS) is 13.7. The Morgan fingerprint density at radius 1 is 0.423 bits per heavy atom. The maximum absolute atomic E-state index is 6.67. The zero-order chi connectivity index (χ0) is 34.0. The average Bonchev–Trinajstić information content (AvgIpc) is 3.85.